The number of rotatable bonds is 2. The molecule has 1 spiro atoms. The number of nitrogens with one attached hydrogen (secondary N) is 1. The fourth-order valence-corrected chi connectivity index (χ4v) is 2.19. The molecule has 0 aromatic heterocycles. The summed E-state index contributed by atoms with van der Waals surface area (Å²) in [6, 6.07) is 0. The van der Waals surface area contributed by atoms with E-state index >= 15 is 0 Å². The zero-order chi connectivity index (χ0) is 12.8. The van der Waals surface area contributed by atoms with Gasteiger partial charge in [-0.2, -0.15) is 0 Å². The molecule has 1 atom stereocenters. The van der Waals surface area contributed by atoms with Gasteiger partial charge in [0.2, 0.25) is 0 Å². The van der Waals surface area contributed by atoms with E-state index in [0.717, 1.165) is 6.54 Å². The van der Waals surface area contributed by atoms with E-state index < -0.39 is 5.60 Å². The maximum absolute atomic E-state index is 11.8. The van der Waals surface area contributed by atoms with Gasteiger partial charge in [0.25, 0.3) is 0 Å². The van der Waals surface area contributed by atoms with Gasteiger partial charge in [0, 0.05) is 19.6 Å². The van der Waals surface area contributed by atoms with Crippen LogP contribution in [-0.2, 0) is 14.2 Å². The van der Waals surface area contributed by atoms with Crippen molar-refractivity contribution in [2.24, 2.45) is 0 Å². The van der Waals surface area contributed by atoms with Crippen LogP contribution in [0.15, 0.2) is 12.7 Å². The van der Waals surface area contributed by atoms with Gasteiger partial charge in [-0.1, -0.05) is 12.7 Å². The maximum atomic E-state index is 11.8. The summed E-state index contributed by atoms with van der Waals surface area (Å²) in [7, 11) is 0. The monoisotopic (exact) mass is 256 g/mol. The molecule has 2 rings (SSSR count). The molecule has 6 nitrogen and oxygen atoms in total. The second-order valence-corrected chi connectivity index (χ2v) is 4.55. The Morgan fingerprint density at radius 3 is 3.28 bits per heavy atom. The number of carbonyl (C=O) groups is 1. The lowest BCUT2D eigenvalue weighted by atomic mass is 10.0. The van der Waals surface area contributed by atoms with Gasteiger partial charge >= 0.3 is 6.09 Å². The number of carbonyl (C=O) groups excluding carboxylic acids is 1. The number of morpholine rings is 1. The molecule has 18 heavy (non-hydrogen) atoms. The summed E-state index contributed by atoms with van der Waals surface area (Å²) in [6.07, 6.45) is 1.24. The van der Waals surface area contributed by atoms with Gasteiger partial charge in [-0.3, -0.25) is 0 Å². The van der Waals surface area contributed by atoms with Crippen molar-refractivity contribution >= 4 is 6.09 Å². The van der Waals surface area contributed by atoms with Crippen LogP contribution in [0, 0.1) is 0 Å². The zero-order valence-electron chi connectivity index (χ0n) is 10.5. The minimum Gasteiger partial charge on any atom is -0.445 e. The third-order valence-corrected chi connectivity index (χ3v) is 3.07. The number of amides is 1. The Balaban J connectivity index is 1.94. The molecule has 2 saturated heterocycles. The molecule has 102 valence electrons. The molecule has 0 unspecified atom stereocenters. The van der Waals surface area contributed by atoms with E-state index in [1.54, 1.807) is 11.0 Å². The van der Waals surface area contributed by atoms with Gasteiger partial charge in [0.1, 0.15) is 12.2 Å². The van der Waals surface area contributed by atoms with E-state index in [9.17, 15) is 4.79 Å². The summed E-state index contributed by atoms with van der Waals surface area (Å²) in [5, 5.41) is 3.27. The molecule has 0 aromatic rings. The normalized spacial score (nSPS) is 28.8. The Bertz CT molecular complexity index is 300. The van der Waals surface area contributed by atoms with Crippen molar-refractivity contribution in [3.05, 3.63) is 12.7 Å². The number of hydrogen-bond donors (Lipinski definition) is 1. The Morgan fingerprint density at radius 1 is 1.56 bits per heavy atom. The Morgan fingerprint density at radius 2 is 2.44 bits per heavy atom. The van der Waals surface area contributed by atoms with Crippen LogP contribution in [0.5, 0.6) is 0 Å². The summed E-state index contributed by atoms with van der Waals surface area (Å²) in [6.45, 7) is 8.00. The Hall–Kier alpha value is -1.11. The first kappa shape index (κ1) is 13.3. The summed E-state index contributed by atoms with van der Waals surface area (Å²) in [5.41, 5.74) is -0.443. The third kappa shape index (κ3) is 3.22. The third-order valence-electron chi connectivity index (χ3n) is 3.07. The first-order valence-electron chi connectivity index (χ1n) is 6.21. The van der Waals surface area contributed by atoms with E-state index in [0.29, 0.717) is 39.5 Å². The second kappa shape index (κ2) is 6.17. The van der Waals surface area contributed by atoms with E-state index in [1.165, 1.54) is 0 Å². The van der Waals surface area contributed by atoms with Crippen molar-refractivity contribution in [2.45, 2.75) is 5.60 Å². The average Bonchev–Trinajstić information content (AvgIpc) is 2.62. The highest BCUT2D eigenvalue weighted by molar-refractivity contribution is 5.68. The van der Waals surface area contributed by atoms with Gasteiger partial charge < -0.3 is 24.4 Å². The van der Waals surface area contributed by atoms with Crippen LogP contribution >= 0.6 is 0 Å². The van der Waals surface area contributed by atoms with Crippen molar-refractivity contribution in [3.8, 4) is 0 Å². The van der Waals surface area contributed by atoms with Crippen molar-refractivity contribution in [2.75, 3.05) is 52.6 Å². The van der Waals surface area contributed by atoms with Crippen LogP contribution in [0.2, 0.25) is 0 Å². The smallest absolute Gasteiger partial charge is 0.410 e. The highest BCUT2D eigenvalue weighted by atomic mass is 16.6. The van der Waals surface area contributed by atoms with Gasteiger partial charge in [0.05, 0.1) is 26.4 Å². The summed E-state index contributed by atoms with van der Waals surface area (Å²) in [5.74, 6) is 0. The fraction of sp³-hybridized carbons (Fsp3) is 0.750. The molecular formula is C12H20N2O4. The first-order chi connectivity index (χ1) is 8.76. The molecule has 0 bridgehead atoms. The molecule has 2 fully saturated rings. The molecule has 2 aliphatic rings. The molecule has 0 saturated carbocycles. The van der Waals surface area contributed by atoms with E-state index in [2.05, 4.69) is 11.9 Å². The van der Waals surface area contributed by atoms with Crippen LogP contribution in [0.4, 0.5) is 4.79 Å². The quantitative estimate of drug-likeness (QED) is 0.705. The summed E-state index contributed by atoms with van der Waals surface area (Å²) >= 11 is 0. The van der Waals surface area contributed by atoms with E-state index in [4.69, 9.17) is 14.2 Å². The molecule has 0 radical (unpaired) electrons. The molecule has 0 aromatic carbocycles. The summed E-state index contributed by atoms with van der Waals surface area (Å²) < 4.78 is 16.4. The highest BCUT2D eigenvalue weighted by Gasteiger charge is 2.39. The lowest BCUT2D eigenvalue weighted by Gasteiger charge is -2.41. The molecule has 0 aliphatic carbocycles. The maximum Gasteiger partial charge on any atom is 0.410 e. The van der Waals surface area contributed by atoms with Crippen LogP contribution in [0.3, 0.4) is 0 Å². The number of nitrogens with zero attached hydrogens (tertiary/aromatic N) is 1. The Kier molecular flexibility index (Phi) is 4.57. The van der Waals surface area contributed by atoms with Gasteiger partial charge in [0.15, 0.2) is 0 Å². The van der Waals surface area contributed by atoms with Crippen LogP contribution < -0.4 is 5.32 Å². The van der Waals surface area contributed by atoms with Crippen LogP contribution in [-0.4, -0.2) is 69.2 Å². The van der Waals surface area contributed by atoms with Gasteiger partial charge in [-0.25, -0.2) is 4.79 Å². The topological polar surface area (TPSA) is 60.0 Å². The Labute approximate surface area is 107 Å². The fourth-order valence-electron chi connectivity index (χ4n) is 2.19. The van der Waals surface area contributed by atoms with Crippen molar-refractivity contribution in [3.63, 3.8) is 0 Å². The lowest BCUT2D eigenvalue weighted by molar-refractivity contribution is -0.128. The molecule has 1 N–H and O–H groups in total. The molecule has 2 heterocycles. The SMILES string of the molecule is C=CCOC(=O)N1CCO[C@]2(CNCCOC2)C1. The lowest BCUT2D eigenvalue weighted by Crippen LogP contribution is -2.59. The van der Waals surface area contributed by atoms with Crippen molar-refractivity contribution in [1.29, 1.82) is 0 Å². The van der Waals surface area contributed by atoms with Gasteiger partial charge in [-0.05, 0) is 0 Å². The first-order valence-corrected chi connectivity index (χ1v) is 6.21. The second-order valence-electron chi connectivity index (χ2n) is 4.55. The van der Waals surface area contributed by atoms with Crippen LogP contribution in [0.25, 0.3) is 0 Å². The predicted octanol–water partition coefficient (Wildman–Crippen LogP) is -0.000200. The summed E-state index contributed by atoms with van der Waals surface area (Å²) in [4.78, 5) is 13.5. The van der Waals surface area contributed by atoms with Crippen molar-refractivity contribution in [1.82, 2.24) is 10.2 Å². The highest BCUT2D eigenvalue weighted by Crippen LogP contribution is 2.20. The minimum atomic E-state index is -0.443. The molecular weight excluding hydrogens is 236 g/mol. The van der Waals surface area contributed by atoms with Crippen molar-refractivity contribution < 1.29 is 19.0 Å². The minimum absolute atomic E-state index is 0.234. The number of ether oxygens (including phenoxy) is 3. The number of hydrogen-bond acceptors (Lipinski definition) is 5. The average molecular weight is 256 g/mol. The predicted molar refractivity (Wildman–Crippen MR) is 65.5 cm³/mol. The molecule has 1 amide bonds. The largest absolute Gasteiger partial charge is 0.445 e. The molecule has 2 aliphatic heterocycles. The standard InChI is InChI=1S/C12H20N2O4/c1-2-5-17-11(15)14-4-7-18-12(9-14)8-13-3-6-16-10-12/h2,13H,1,3-10H2/t12-/m1/s1. The molecule has 6 heteroatoms. The van der Waals surface area contributed by atoms with Gasteiger partial charge in [-0.15, -0.1) is 0 Å². The van der Waals surface area contributed by atoms with E-state index in [1.807, 2.05) is 0 Å². The van der Waals surface area contributed by atoms with Crippen LogP contribution in [0.1, 0.15) is 0 Å². The zero-order valence-corrected chi connectivity index (χ0v) is 10.5. The van der Waals surface area contributed by atoms with E-state index in [-0.39, 0.29) is 12.7 Å².